The molecule has 1 rings (SSSR count). The fourth-order valence-corrected chi connectivity index (χ4v) is 1.53. The van der Waals surface area contributed by atoms with Crippen molar-refractivity contribution in [3.63, 3.8) is 0 Å². The molecule has 2 N–H and O–H groups in total. The van der Waals surface area contributed by atoms with Gasteiger partial charge < -0.3 is 14.9 Å². The van der Waals surface area contributed by atoms with E-state index in [9.17, 15) is 10.2 Å². The second kappa shape index (κ2) is 5.55. The van der Waals surface area contributed by atoms with Crippen LogP contribution < -0.4 is 4.74 Å². The van der Waals surface area contributed by atoms with Gasteiger partial charge in [0.15, 0.2) is 0 Å². The Bertz CT molecular complexity index is 337. The molecule has 0 fully saturated rings. The lowest BCUT2D eigenvalue weighted by Gasteiger charge is -2.16. The lowest BCUT2D eigenvalue weighted by Crippen LogP contribution is -2.19. The van der Waals surface area contributed by atoms with Gasteiger partial charge in [0, 0.05) is 17.5 Å². The molecular formula is C9H12ClNO3S. The summed E-state index contributed by atoms with van der Waals surface area (Å²) in [4.78, 5) is 3.88. The minimum absolute atomic E-state index is 0.158. The molecule has 6 heteroatoms. The molecule has 15 heavy (non-hydrogen) atoms. The summed E-state index contributed by atoms with van der Waals surface area (Å²) in [5.74, 6) is 0.443. The Morgan fingerprint density at radius 3 is 2.73 bits per heavy atom. The van der Waals surface area contributed by atoms with Crippen molar-refractivity contribution in [3.05, 3.63) is 22.8 Å². The van der Waals surface area contributed by atoms with E-state index in [1.54, 1.807) is 0 Å². The number of ether oxygens (including phenoxy) is 1. The summed E-state index contributed by atoms with van der Waals surface area (Å²) < 4.78 is 4.86. The molecule has 0 aliphatic heterocycles. The van der Waals surface area contributed by atoms with E-state index in [1.807, 2.05) is 0 Å². The van der Waals surface area contributed by atoms with Crippen molar-refractivity contribution in [2.24, 2.45) is 0 Å². The molecule has 2 unspecified atom stereocenters. The van der Waals surface area contributed by atoms with Gasteiger partial charge in [-0.15, -0.1) is 0 Å². The Morgan fingerprint density at radius 2 is 2.27 bits per heavy atom. The molecule has 84 valence electrons. The molecule has 0 saturated carbocycles. The molecule has 0 spiro atoms. The van der Waals surface area contributed by atoms with Gasteiger partial charge in [0.2, 0.25) is 5.88 Å². The maximum absolute atomic E-state index is 9.64. The molecule has 0 amide bonds. The number of aliphatic hydroxyl groups is 2. The molecular weight excluding hydrogens is 238 g/mol. The quantitative estimate of drug-likeness (QED) is 0.699. The van der Waals surface area contributed by atoms with Crippen molar-refractivity contribution >= 4 is 24.2 Å². The molecule has 0 saturated heterocycles. The molecule has 4 nitrogen and oxygen atoms in total. The molecule has 1 heterocycles. The number of aliphatic hydroxyl groups excluding tert-OH is 2. The fourth-order valence-electron chi connectivity index (χ4n) is 1.07. The lowest BCUT2D eigenvalue weighted by atomic mass is 10.1. The first kappa shape index (κ1) is 12.6. The third kappa shape index (κ3) is 2.98. The van der Waals surface area contributed by atoms with Crippen LogP contribution in [0.3, 0.4) is 0 Å². The van der Waals surface area contributed by atoms with Gasteiger partial charge in [0.1, 0.15) is 11.1 Å². The summed E-state index contributed by atoms with van der Waals surface area (Å²) in [5, 5.41) is 19.3. The third-order valence-corrected chi connectivity index (χ3v) is 2.56. The van der Waals surface area contributed by atoms with Gasteiger partial charge in [-0.3, -0.25) is 0 Å². The van der Waals surface area contributed by atoms with E-state index in [0.29, 0.717) is 10.6 Å². The molecule has 0 aromatic carbocycles. The van der Waals surface area contributed by atoms with Crippen LogP contribution in [-0.2, 0) is 0 Å². The lowest BCUT2D eigenvalue weighted by molar-refractivity contribution is 0.0335. The van der Waals surface area contributed by atoms with Gasteiger partial charge >= 0.3 is 0 Å². The smallest absolute Gasteiger partial charge is 0.232 e. The van der Waals surface area contributed by atoms with Crippen molar-refractivity contribution in [3.8, 4) is 5.88 Å². The SMILES string of the molecule is COc1ncc(C(O)C(O)CS)cc1Cl. The highest BCUT2D eigenvalue weighted by Crippen LogP contribution is 2.26. The third-order valence-electron chi connectivity index (χ3n) is 1.91. The van der Waals surface area contributed by atoms with Gasteiger partial charge in [0.25, 0.3) is 0 Å². The minimum atomic E-state index is -1.04. The Hall–Kier alpha value is -0.490. The van der Waals surface area contributed by atoms with E-state index in [1.165, 1.54) is 19.4 Å². The zero-order valence-corrected chi connectivity index (χ0v) is 9.74. The molecule has 1 aromatic rings. The highest BCUT2D eigenvalue weighted by molar-refractivity contribution is 7.80. The summed E-state index contributed by atoms with van der Waals surface area (Å²) >= 11 is 9.70. The Balaban J connectivity index is 2.92. The predicted molar refractivity (Wildman–Crippen MR) is 60.6 cm³/mol. The van der Waals surface area contributed by atoms with E-state index >= 15 is 0 Å². The van der Waals surface area contributed by atoms with Crippen LogP contribution >= 0.6 is 24.2 Å². The fraction of sp³-hybridized carbons (Fsp3) is 0.444. The van der Waals surface area contributed by atoms with Gasteiger partial charge in [-0.05, 0) is 6.07 Å². The molecule has 0 aliphatic carbocycles. The standard InChI is InChI=1S/C9H12ClNO3S/c1-14-9-6(10)2-5(3-11-9)8(13)7(12)4-15/h2-3,7-8,12-13,15H,4H2,1H3. The summed E-state index contributed by atoms with van der Waals surface area (Å²) in [7, 11) is 1.45. The number of thiol groups is 1. The van der Waals surface area contributed by atoms with E-state index < -0.39 is 12.2 Å². The first-order valence-corrected chi connectivity index (χ1v) is 5.27. The van der Waals surface area contributed by atoms with Crippen LogP contribution in [0.4, 0.5) is 0 Å². The van der Waals surface area contributed by atoms with E-state index in [4.69, 9.17) is 16.3 Å². The number of hydrogen-bond donors (Lipinski definition) is 3. The average molecular weight is 250 g/mol. The van der Waals surface area contributed by atoms with Crippen LogP contribution in [0, 0.1) is 0 Å². The minimum Gasteiger partial charge on any atom is -0.480 e. The Kier molecular flexibility index (Phi) is 4.66. The largest absolute Gasteiger partial charge is 0.480 e. The summed E-state index contributed by atoms with van der Waals surface area (Å²) in [5.41, 5.74) is 0.433. The highest BCUT2D eigenvalue weighted by atomic mass is 35.5. The van der Waals surface area contributed by atoms with Crippen molar-refractivity contribution in [1.29, 1.82) is 0 Å². The second-order valence-electron chi connectivity index (χ2n) is 2.95. The number of hydrogen-bond acceptors (Lipinski definition) is 5. The van der Waals surface area contributed by atoms with Crippen LogP contribution in [0.2, 0.25) is 5.02 Å². The second-order valence-corrected chi connectivity index (χ2v) is 3.73. The van der Waals surface area contributed by atoms with Crippen LogP contribution in [0.5, 0.6) is 5.88 Å². The highest BCUT2D eigenvalue weighted by Gasteiger charge is 2.18. The van der Waals surface area contributed by atoms with Gasteiger partial charge in [-0.25, -0.2) is 4.98 Å². The average Bonchev–Trinajstić information content (AvgIpc) is 2.26. The molecule has 0 bridgehead atoms. The monoisotopic (exact) mass is 249 g/mol. The summed E-state index contributed by atoms with van der Waals surface area (Å²) in [6, 6.07) is 1.50. The van der Waals surface area contributed by atoms with Crippen LogP contribution in [-0.4, -0.2) is 34.2 Å². The number of methoxy groups -OCH3 is 1. The number of aromatic nitrogens is 1. The normalized spacial score (nSPS) is 14.7. The maximum atomic E-state index is 9.64. The van der Waals surface area contributed by atoms with Gasteiger partial charge in [0.05, 0.1) is 13.2 Å². The van der Waals surface area contributed by atoms with Crippen molar-refractivity contribution in [2.45, 2.75) is 12.2 Å². The number of halogens is 1. The van der Waals surface area contributed by atoms with Crippen LogP contribution in [0.1, 0.15) is 11.7 Å². The molecule has 2 atom stereocenters. The summed E-state index contributed by atoms with van der Waals surface area (Å²) in [6.07, 6.45) is -0.583. The zero-order chi connectivity index (χ0) is 11.4. The van der Waals surface area contributed by atoms with E-state index in [0.717, 1.165) is 0 Å². The van der Waals surface area contributed by atoms with E-state index in [2.05, 4.69) is 17.6 Å². The number of nitrogens with zero attached hydrogens (tertiary/aromatic N) is 1. The van der Waals surface area contributed by atoms with Crippen molar-refractivity contribution < 1.29 is 14.9 Å². The topological polar surface area (TPSA) is 62.6 Å². The van der Waals surface area contributed by atoms with E-state index in [-0.39, 0.29) is 11.6 Å². The van der Waals surface area contributed by atoms with Crippen LogP contribution in [0.15, 0.2) is 12.3 Å². The maximum Gasteiger partial charge on any atom is 0.232 e. The molecule has 1 aromatic heterocycles. The zero-order valence-electron chi connectivity index (χ0n) is 8.09. The van der Waals surface area contributed by atoms with Crippen LogP contribution in [0.25, 0.3) is 0 Å². The first-order chi connectivity index (χ1) is 7.10. The summed E-state index contributed by atoms with van der Waals surface area (Å²) in [6.45, 7) is 0. The van der Waals surface area contributed by atoms with Crippen molar-refractivity contribution in [1.82, 2.24) is 4.98 Å². The Labute approximate surface area is 98.3 Å². The predicted octanol–water partition coefficient (Wildman–Crippen LogP) is 1.07. The molecule has 0 aliphatic rings. The van der Waals surface area contributed by atoms with Crippen molar-refractivity contribution in [2.75, 3.05) is 12.9 Å². The molecule has 0 radical (unpaired) electrons. The number of rotatable bonds is 4. The first-order valence-electron chi connectivity index (χ1n) is 4.26. The van der Waals surface area contributed by atoms with Gasteiger partial charge in [-0.2, -0.15) is 12.6 Å². The van der Waals surface area contributed by atoms with Gasteiger partial charge in [-0.1, -0.05) is 11.6 Å². The number of pyridine rings is 1. The Morgan fingerprint density at radius 1 is 1.60 bits per heavy atom.